The number of esters is 1. The number of benzene rings is 1. The number of amides is 1. The Morgan fingerprint density at radius 2 is 1.33 bits per heavy atom. The highest BCUT2D eigenvalue weighted by Gasteiger charge is 2.31. The molecular weight excluding hydrogens is 574 g/mol. The number of methoxy groups -OCH3 is 1. The van der Waals surface area contributed by atoms with Crippen molar-refractivity contribution in [2.45, 2.75) is 136 Å². The molecule has 0 fully saturated rings. The highest BCUT2D eigenvalue weighted by atomic mass is 79.9. The number of halogens is 1. The minimum absolute atomic E-state index is 0.00427. The van der Waals surface area contributed by atoms with Gasteiger partial charge in [-0.05, 0) is 44.4 Å². The molecule has 7 heteroatoms. The van der Waals surface area contributed by atoms with Crippen LogP contribution in [0.15, 0.2) is 16.6 Å². The zero-order valence-corrected chi connectivity index (χ0v) is 27.5. The second-order valence-corrected chi connectivity index (χ2v) is 12.5. The third kappa shape index (κ3) is 14.2. The smallest absolute Gasteiger partial charge is 0.328 e. The predicted octanol–water partition coefficient (Wildman–Crippen LogP) is 9.48. The Bertz CT molecular complexity index is 876. The number of carbonyl (C=O) groups is 3. The average Bonchev–Trinajstić information content (AvgIpc) is 2.93. The van der Waals surface area contributed by atoms with Gasteiger partial charge in [-0.1, -0.05) is 131 Å². The van der Waals surface area contributed by atoms with Gasteiger partial charge in [0.15, 0.2) is 5.12 Å². The van der Waals surface area contributed by atoms with Crippen LogP contribution < -0.4 is 4.90 Å². The quantitative estimate of drug-likeness (QED) is 0.100. The Labute approximate surface area is 250 Å². The van der Waals surface area contributed by atoms with E-state index < -0.39 is 12.0 Å². The van der Waals surface area contributed by atoms with E-state index in [0.29, 0.717) is 12.1 Å². The topological polar surface area (TPSA) is 63.7 Å². The summed E-state index contributed by atoms with van der Waals surface area (Å²) in [6, 6.07) is 3.04. The second-order valence-electron chi connectivity index (χ2n) is 10.7. The SMILES string of the molecule is CCCCCCCCCCCCCCCCCC(=O)SCC(=O)N(c1c(C)ccc(Br)c1C)C(C)C(=O)OC. The summed E-state index contributed by atoms with van der Waals surface area (Å²) in [7, 11) is 1.32. The van der Waals surface area contributed by atoms with Gasteiger partial charge in [0, 0.05) is 10.9 Å². The molecule has 39 heavy (non-hydrogen) atoms. The first-order valence-corrected chi connectivity index (χ1v) is 16.8. The molecule has 0 N–H and O–H groups in total. The Morgan fingerprint density at radius 3 is 1.82 bits per heavy atom. The number of ether oxygens (including phenoxy) is 1. The number of nitrogens with zero attached hydrogens (tertiary/aromatic N) is 1. The molecule has 1 atom stereocenters. The summed E-state index contributed by atoms with van der Waals surface area (Å²) in [6.07, 6.45) is 19.8. The van der Waals surface area contributed by atoms with Crippen LogP contribution in [-0.4, -0.2) is 35.9 Å². The van der Waals surface area contributed by atoms with Gasteiger partial charge in [0.2, 0.25) is 5.91 Å². The monoisotopic (exact) mass is 625 g/mol. The van der Waals surface area contributed by atoms with E-state index in [-0.39, 0.29) is 16.8 Å². The number of rotatable bonds is 21. The number of carbonyl (C=O) groups excluding carboxylic acids is 3. The largest absolute Gasteiger partial charge is 0.467 e. The van der Waals surface area contributed by atoms with E-state index in [9.17, 15) is 14.4 Å². The third-order valence-corrected chi connectivity index (χ3v) is 9.12. The van der Waals surface area contributed by atoms with Crippen molar-refractivity contribution >= 4 is 50.4 Å². The Balaban J connectivity index is 2.30. The molecule has 0 saturated carbocycles. The molecule has 5 nitrogen and oxygen atoms in total. The van der Waals surface area contributed by atoms with Gasteiger partial charge in [0.1, 0.15) is 6.04 Å². The molecule has 0 aliphatic rings. The van der Waals surface area contributed by atoms with Gasteiger partial charge < -0.3 is 4.74 Å². The summed E-state index contributed by atoms with van der Waals surface area (Å²) >= 11 is 4.58. The van der Waals surface area contributed by atoms with E-state index in [1.807, 2.05) is 26.0 Å². The summed E-state index contributed by atoms with van der Waals surface area (Å²) in [4.78, 5) is 39.6. The number of aryl methyl sites for hydroxylation is 1. The molecule has 0 aliphatic carbocycles. The molecule has 0 bridgehead atoms. The van der Waals surface area contributed by atoms with E-state index in [1.54, 1.807) is 6.92 Å². The van der Waals surface area contributed by atoms with Crippen LogP contribution in [0.2, 0.25) is 0 Å². The molecule has 222 valence electrons. The van der Waals surface area contributed by atoms with Crippen molar-refractivity contribution in [1.82, 2.24) is 0 Å². The van der Waals surface area contributed by atoms with Gasteiger partial charge in [-0.2, -0.15) is 0 Å². The van der Waals surface area contributed by atoms with Gasteiger partial charge in [0.25, 0.3) is 0 Å². The first-order valence-electron chi connectivity index (χ1n) is 15.1. The Hall–Kier alpha value is -1.34. The lowest BCUT2D eigenvalue weighted by molar-refractivity contribution is -0.142. The first-order chi connectivity index (χ1) is 18.7. The highest BCUT2D eigenvalue weighted by molar-refractivity contribution is 9.10. The van der Waals surface area contributed by atoms with Gasteiger partial charge in [-0.15, -0.1) is 0 Å². The van der Waals surface area contributed by atoms with E-state index in [2.05, 4.69) is 22.9 Å². The van der Waals surface area contributed by atoms with E-state index in [0.717, 1.165) is 40.2 Å². The average molecular weight is 627 g/mol. The highest BCUT2D eigenvalue weighted by Crippen LogP contribution is 2.33. The minimum Gasteiger partial charge on any atom is -0.467 e. The molecule has 0 spiro atoms. The van der Waals surface area contributed by atoms with Crippen molar-refractivity contribution < 1.29 is 19.1 Å². The fourth-order valence-electron chi connectivity index (χ4n) is 4.92. The molecule has 1 rings (SSSR count). The van der Waals surface area contributed by atoms with Crippen molar-refractivity contribution in [3.05, 3.63) is 27.7 Å². The number of anilines is 1. The third-order valence-electron chi connectivity index (χ3n) is 7.35. The Kier molecular flexibility index (Phi) is 19.6. The zero-order valence-electron chi connectivity index (χ0n) is 25.1. The number of hydrogen-bond donors (Lipinski definition) is 0. The van der Waals surface area contributed by atoms with E-state index in [1.165, 1.54) is 95.5 Å². The molecule has 0 aliphatic heterocycles. The maximum absolute atomic E-state index is 13.3. The normalized spacial score (nSPS) is 11.8. The summed E-state index contributed by atoms with van der Waals surface area (Å²) in [5, 5.41) is 0.0337. The molecular formula is C32H52BrNO4S. The van der Waals surface area contributed by atoms with Crippen molar-refractivity contribution in [2.75, 3.05) is 17.8 Å². The molecule has 1 unspecified atom stereocenters. The maximum Gasteiger partial charge on any atom is 0.328 e. The van der Waals surface area contributed by atoms with Crippen LogP contribution in [0.4, 0.5) is 5.69 Å². The molecule has 0 radical (unpaired) electrons. The number of unbranched alkanes of at least 4 members (excludes halogenated alkanes) is 14. The standard InChI is InChI=1S/C32H52BrNO4S/c1-6-7-8-9-10-11-12-13-14-15-16-17-18-19-20-21-30(36)39-24-29(35)34(27(4)32(37)38-5)31-25(2)22-23-28(33)26(31)3/h22-23,27H,6-21,24H2,1-5H3. The zero-order chi connectivity index (χ0) is 29.0. The van der Waals surface area contributed by atoms with Gasteiger partial charge in [-0.25, -0.2) is 4.79 Å². The maximum atomic E-state index is 13.3. The fraction of sp³-hybridized carbons (Fsp3) is 0.719. The van der Waals surface area contributed by atoms with Gasteiger partial charge in [-0.3, -0.25) is 14.5 Å². The predicted molar refractivity (Wildman–Crippen MR) is 170 cm³/mol. The van der Waals surface area contributed by atoms with Crippen LogP contribution in [0.3, 0.4) is 0 Å². The van der Waals surface area contributed by atoms with E-state index in [4.69, 9.17) is 4.74 Å². The molecule has 0 aromatic heterocycles. The van der Waals surface area contributed by atoms with Crippen LogP contribution in [-0.2, 0) is 19.1 Å². The van der Waals surface area contributed by atoms with E-state index >= 15 is 0 Å². The molecule has 1 aromatic rings. The molecule has 1 aromatic carbocycles. The summed E-state index contributed by atoms with van der Waals surface area (Å²) < 4.78 is 5.78. The number of hydrogen-bond acceptors (Lipinski definition) is 5. The fourth-order valence-corrected chi connectivity index (χ4v) is 5.95. The van der Waals surface area contributed by atoms with Crippen LogP contribution in [0.5, 0.6) is 0 Å². The summed E-state index contributed by atoms with van der Waals surface area (Å²) in [5.41, 5.74) is 2.44. The molecule has 0 heterocycles. The second kappa shape index (κ2) is 21.4. The lowest BCUT2D eigenvalue weighted by Crippen LogP contribution is -2.45. The van der Waals surface area contributed by atoms with Crippen LogP contribution in [0.25, 0.3) is 0 Å². The van der Waals surface area contributed by atoms with Crippen molar-refractivity contribution in [3.63, 3.8) is 0 Å². The van der Waals surface area contributed by atoms with Gasteiger partial charge in [0.05, 0.1) is 18.6 Å². The summed E-state index contributed by atoms with van der Waals surface area (Å²) in [6.45, 7) is 7.74. The van der Waals surface area contributed by atoms with Crippen LogP contribution in [0, 0.1) is 13.8 Å². The first kappa shape index (κ1) is 35.7. The van der Waals surface area contributed by atoms with Gasteiger partial charge >= 0.3 is 5.97 Å². The molecule has 0 saturated heterocycles. The Morgan fingerprint density at radius 1 is 0.846 bits per heavy atom. The van der Waals surface area contributed by atoms with Crippen molar-refractivity contribution in [2.24, 2.45) is 0 Å². The molecule has 1 amide bonds. The van der Waals surface area contributed by atoms with Crippen molar-refractivity contribution in [1.29, 1.82) is 0 Å². The minimum atomic E-state index is -0.791. The van der Waals surface area contributed by atoms with Crippen LogP contribution >= 0.6 is 27.7 Å². The van der Waals surface area contributed by atoms with Crippen LogP contribution in [0.1, 0.15) is 128 Å². The lowest BCUT2D eigenvalue weighted by Gasteiger charge is -2.30. The number of thioether (sulfide) groups is 1. The van der Waals surface area contributed by atoms with Crippen molar-refractivity contribution in [3.8, 4) is 0 Å². The summed E-state index contributed by atoms with van der Waals surface area (Å²) in [5.74, 6) is -0.757. The lowest BCUT2D eigenvalue weighted by atomic mass is 10.0.